The van der Waals surface area contributed by atoms with Crippen molar-refractivity contribution in [2.24, 2.45) is 11.7 Å². The average molecular weight is 382 g/mol. The average Bonchev–Trinajstić information content (AvgIpc) is 2.90. The molecule has 26 heavy (non-hydrogen) atoms. The molecule has 1 unspecified atom stereocenters. The Morgan fingerprint density at radius 2 is 1.85 bits per heavy atom. The fourth-order valence-electron chi connectivity index (χ4n) is 3.28. The lowest BCUT2D eigenvalue weighted by Gasteiger charge is -2.21. The number of rotatable bonds is 7. The molecule has 0 bridgehead atoms. The summed E-state index contributed by atoms with van der Waals surface area (Å²) in [5.74, 6) is 0.132. The van der Waals surface area contributed by atoms with Gasteiger partial charge in [0.1, 0.15) is 0 Å². The van der Waals surface area contributed by atoms with E-state index < -0.39 is 10.0 Å². The molecule has 6 nitrogen and oxygen atoms in total. The predicted octanol–water partition coefficient (Wildman–Crippen LogP) is 2.35. The third kappa shape index (κ3) is 5.53. The van der Waals surface area contributed by atoms with Crippen molar-refractivity contribution in [1.29, 1.82) is 0 Å². The van der Waals surface area contributed by atoms with Gasteiger partial charge >= 0.3 is 0 Å². The van der Waals surface area contributed by atoms with Crippen LogP contribution >= 0.6 is 0 Å². The lowest BCUT2D eigenvalue weighted by molar-refractivity contribution is 0.0933. The van der Waals surface area contributed by atoms with Gasteiger partial charge in [0.05, 0.1) is 4.90 Å². The van der Waals surface area contributed by atoms with Gasteiger partial charge in [0, 0.05) is 31.2 Å². The number of sulfonamides is 1. The molecule has 1 fully saturated rings. The van der Waals surface area contributed by atoms with Gasteiger partial charge in [0.2, 0.25) is 10.0 Å². The van der Waals surface area contributed by atoms with E-state index in [0.29, 0.717) is 31.1 Å². The zero-order valence-electron chi connectivity index (χ0n) is 15.8. The fourth-order valence-corrected chi connectivity index (χ4v) is 4.84. The van der Waals surface area contributed by atoms with Crippen LogP contribution < -0.4 is 11.1 Å². The van der Waals surface area contributed by atoms with Crippen molar-refractivity contribution in [2.45, 2.75) is 56.9 Å². The van der Waals surface area contributed by atoms with Gasteiger partial charge in [0.25, 0.3) is 5.91 Å². The normalized spacial score (nSPS) is 17.7. The fraction of sp³-hybridized carbons (Fsp3) is 0.632. The van der Waals surface area contributed by atoms with Crippen molar-refractivity contribution in [3.63, 3.8) is 0 Å². The summed E-state index contributed by atoms with van der Waals surface area (Å²) >= 11 is 0. The molecule has 7 heteroatoms. The van der Waals surface area contributed by atoms with Crippen LogP contribution in [-0.4, -0.2) is 44.3 Å². The van der Waals surface area contributed by atoms with Crippen LogP contribution in [0.1, 0.15) is 56.3 Å². The Kier molecular flexibility index (Phi) is 7.61. The lowest BCUT2D eigenvalue weighted by atomic mass is 10.0. The van der Waals surface area contributed by atoms with Crippen molar-refractivity contribution in [3.05, 3.63) is 29.8 Å². The summed E-state index contributed by atoms with van der Waals surface area (Å²) in [6.07, 6.45) is 4.67. The molecule has 0 spiro atoms. The third-order valence-electron chi connectivity index (χ3n) is 4.67. The maximum absolute atomic E-state index is 12.9. The molecule has 0 aliphatic carbocycles. The van der Waals surface area contributed by atoms with E-state index >= 15 is 0 Å². The summed E-state index contributed by atoms with van der Waals surface area (Å²) in [6.45, 7) is 5.59. The van der Waals surface area contributed by atoms with E-state index in [0.717, 1.165) is 32.1 Å². The highest BCUT2D eigenvalue weighted by Gasteiger charge is 2.26. The largest absolute Gasteiger partial charge is 0.348 e. The molecular formula is C19H31N3O3S. The molecule has 0 saturated carbocycles. The molecule has 1 saturated heterocycles. The first-order valence-corrected chi connectivity index (χ1v) is 10.9. The van der Waals surface area contributed by atoms with Gasteiger partial charge in [-0.25, -0.2) is 8.42 Å². The second kappa shape index (κ2) is 9.48. The highest BCUT2D eigenvalue weighted by Crippen LogP contribution is 2.21. The number of carbonyl (C=O) groups is 1. The second-order valence-electron chi connectivity index (χ2n) is 7.38. The van der Waals surface area contributed by atoms with Crippen molar-refractivity contribution in [1.82, 2.24) is 9.62 Å². The van der Waals surface area contributed by atoms with Gasteiger partial charge < -0.3 is 11.1 Å². The molecule has 0 aromatic heterocycles. The molecule has 1 aliphatic heterocycles. The topological polar surface area (TPSA) is 92.5 Å². The summed E-state index contributed by atoms with van der Waals surface area (Å²) in [4.78, 5) is 12.7. The zero-order valence-corrected chi connectivity index (χ0v) is 16.6. The Morgan fingerprint density at radius 1 is 1.19 bits per heavy atom. The van der Waals surface area contributed by atoms with Crippen LogP contribution in [0, 0.1) is 5.92 Å². The van der Waals surface area contributed by atoms with E-state index in [1.807, 2.05) is 0 Å². The van der Waals surface area contributed by atoms with E-state index in [1.165, 1.54) is 6.07 Å². The smallest absolute Gasteiger partial charge is 0.251 e. The summed E-state index contributed by atoms with van der Waals surface area (Å²) in [5, 5.41) is 2.91. The van der Waals surface area contributed by atoms with Crippen LogP contribution in [0.4, 0.5) is 0 Å². The molecular weight excluding hydrogens is 350 g/mol. The van der Waals surface area contributed by atoms with E-state index in [4.69, 9.17) is 5.73 Å². The van der Waals surface area contributed by atoms with Crippen LogP contribution in [0.15, 0.2) is 29.2 Å². The van der Waals surface area contributed by atoms with Gasteiger partial charge in [-0.05, 0) is 43.4 Å². The number of hydrogen-bond donors (Lipinski definition) is 2. The van der Waals surface area contributed by atoms with Crippen molar-refractivity contribution in [2.75, 3.05) is 19.6 Å². The predicted molar refractivity (Wildman–Crippen MR) is 103 cm³/mol. The standard InChI is InChI=1S/C19H31N3O3S/c1-15(2)12-17(14-20)21-19(23)16-8-7-9-18(13-16)26(24,25)22-10-5-3-4-6-11-22/h7-9,13,15,17H,3-6,10-12,14,20H2,1-2H3,(H,21,23). The van der Waals surface area contributed by atoms with Gasteiger partial charge in [-0.15, -0.1) is 0 Å². The summed E-state index contributed by atoms with van der Waals surface area (Å²) in [6, 6.07) is 6.18. The van der Waals surface area contributed by atoms with Gasteiger partial charge in [0.15, 0.2) is 0 Å². The number of nitrogens with zero attached hydrogens (tertiary/aromatic N) is 1. The van der Waals surface area contributed by atoms with Crippen molar-refractivity contribution < 1.29 is 13.2 Å². The van der Waals surface area contributed by atoms with E-state index in [9.17, 15) is 13.2 Å². The first-order chi connectivity index (χ1) is 12.3. The monoisotopic (exact) mass is 381 g/mol. The summed E-state index contributed by atoms with van der Waals surface area (Å²) in [5.41, 5.74) is 6.09. The Balaban J connectivity index is 2.17. The van der Waals surface area contributed by atoms with Crippen LogP contribution in [0.2, 0.25) is 0 Å². The van der Waals surface area contributed by atoms with Gasteiger partial charge in [-0.3, -0.25) is 4.79 Å². The Hall–Kier alpha value is -1.44. The van der Waals surface area contributed by atoms with E-state index in [2.05, 4.69) is 19.2 Å². The maximum Gasteiger partial charge on any atom is 0.251 e. The molecule has 146 valence electrons. The Labute approximate surface area is 157 Å². The molecule has 1 atom stereocenters. The number of nitrogens with one attached hydrogen (secondary N) is 1. The minimum atomic E-state index is -3.57. The highest BCUT2D eigenvalue weighted by molar-refractivity contribution is 7.89. The minimum absolute atomic E-state index is 0.117. The maximum atomic E-state index is 12.9. The molecule has 1 aromatic rings. The summed E-state index contributed by atoms with van der Waals surface area (Å²) < 4.78 is 27.4. The Bertz CT molecular complexity index is 696. The number of nitrogens with two attached hydrogens (primary N) is 1. The second-order valence-corrected chi connectivity index (χ2v) is 9.32. The first-order valence-electron chi connectivity index (χ1n) is 9.45. The molecule has 0 radical (unpaired) electrons. The zero-order chi connectivity index (χ0) is 19.2. The van der Waals surface area contributed by atoms with Crippen LogP contribution in [-0.2, 0) is 10.0 Å². The number of amides is 1. The van der Waals surface area contributed by atoms with E-state index in [1.54, 1.807) is 22.5 Å². The first kappa shape index (κ1) is 20.9. The lowest BCUT2D eigenvalue weighted by Crippen LogP contribution is -2.41. The van der Waals surface area contributed by atoms with Gasteiger partial charge in [-0.2, -0.15) is 4.31 Å². The van der Waals surface area contributed by atoms with Crippen LogP contribution in [0.3, 0.4) is 0 Å². The quantitative estimate of drug-likeness (QED) is 0.758. The Morgan fingerprint density at radius 3 is 2.42 bits per heavy atom. The molecule has 1 amide bonds. The van der Waals surface area contributed by atoms with Crippen LogP contribution in [0.25, 0.3) is 0 Å². The molecule has 1 aliphatic rings. The molecule has 1 aromatic carbocycles. The number of hydrogen-bond acceptors (Lipinski definition) is 4. The van der Waals surface area contributed by atoms with Crippen LogP contribution in [0.5, 0.6) is 0 Å². The van der Waals surface area contributed by atoms with Crippen molar-refractivity contribution in [3.8, 4) is 0 Å². The number of carbonyl (C=O) groups excluding carboxylic acids is 1. The van der Waals surface area contributed by atoms with Gasteiger partial charge in [-0.1, -0.05) is 32.8 Å². The molecule has 2 rings (SSSR count). The number of benzene rings is 1. The molecule has 3 N–H and O–H groups in total. The minimum Gasteiger partial charge on any atom is -0.348 e. The summed E-state index contributed by atoms with van der Waals surface area (Å²) in [7, 11) is -3.57. The third-order valence-corrected chi connectivity index (χ3v) is 6.57. The molecule has 1 heterocycles. The highest BCUT2D eigenvalue weighted by atomic mass is 32.2. The van der Waals surface area contributed by atoms with E-state index in [-0.39, 0.29) is 16.8 Å². The SMILES string of the molecule is CC(C)CC(CN)NC(=O)c1cccc(S(=O)(=O)N2CCCCCC2)c1. The van der Waals surface area contributed by atoms with Crippen molar-refractivity contribution >= 4 is 15.9 Å².